The lowest BCUT2D eigenvalue weighted by Gasteiger charge is -2.14. The Bertz CT molecular complexity index is 1140. The molecule has 0 radical (unpaired) electrons. The molecule has 0 bridgehead atoms. The van der Waals surface area contributed by atoms with Gasteiger partial charge in [0.1, 0.15) is 5.75 Å². The Labute approximate surface area is 181 Å². The van der Waals surface area contributed by atoms with E-state index in [1.165, 1.54) is 4.90 Å². The Balaban J connectivity index is 1.72. The highest BCUT2D eigenvalue weighted by molar-refractivity contribution is 9.10. The third-order valence-electron chi connectivity index (χ3n) is 4.67. The molecule has 0 unspecified atom stereocenters. The van der Waals surface area contributed by atoms with Gasteiger partial charge in [-0.05, 0) is 53.2 Å². The van der Waals surface area contributed by atoms with Crippen molar-refractivity contribution < 1.29 is 14.3 Å². The second-order valence-corrected chi connectivity index (χ2v) is 8.34. The number of halogens is 1. The van der Waals surface area contributed by atoms with Crippen LogP contribution in [-0.2, 0) is 11.3 Å². The number of amides is 2. The van der Waals surface area contributed by atoms with E-state index in [-0.39, 0.29) is 17.7 Å². The predicted octanol–water partition coefficient (Wildman–Crippen LogP) is 6.24. The van der Waals surface area contributed by atoms with Crippen molar-refractivity contribution in [3.8, 4) is 5.75 Å². The SMILES string of the molecule is CCOc1ccc2ccccc2c1/C=C1/SC(=O)N(Cc2ccccc2Br)C1=O. The summed E-state index contributed by atoms with van der Waals surface area (Å²) in [5, 5.41) is 1.76. The zero-order chi connectivity index (χ0) is 20.4. The monoisotopic (exact) mass is 467 g/mol. The van der Waals surface area contributed by atoms with E-state index >= 15 is 0 Å². The molecular formula is C23H18BrNO3S. The van der Waals surface area contributed by atoms with Crippen molar-refractivity contribution in [3.05, 3.63) is 81.2 Å². The number of carbonyl (C=O) groups is 2. The van der Waals surface area contributed by atoms with E-state index in [4.69, 9.17) is 4.74 Å². The molecule has 0 aliphatic carbocycles. The van der Waals surface area contributed by atoms with E-state index < -0.39 is 0 Å². The quantitative estimate of drug-likeness (QED) is 0.416. The summed E-state index contributed by atoms with van der Waals surface area (Å²) < 4.78 is 6.66. The summed E-state index contributed by atoms with van der Waals surface area (Å²) in [6.45, 7) is 2.67. The first-order chi connectivity index (χ1) is 14.1. The van der Waals surface area contributed by atoms with Crippen LogP contribution in [0.4, 0.5) is 4.79 Å². The summed E-state index contributed by atoms with van der Waals surface area (Å²) in [4.78, 5) is 27.2. The number of fused-ring (bicyclic) bond motifs is 1. The maximum Gasteiger partial charge on any atom is 0.293 e. The van der Waals surface area contributed by atoms with E-state index in [1.54, 1.807) is 6.08 Å². The summed E-state index contributed by atoms with van der Waals surface area (Å²) in [7, 11) is 0. The van der Waals surface area contributed by atoms with Gasteiger partial charge in [0.25, 0.3) is 11.1 Å². The smallest absolute Gasteiger partial charge is 0.293 e. The van der Waals surface area contributed by atoms with Crippen molar-refractivity contribution in [1.29, 1.82) is 0 Å². The molecule has 3 aromatic carbocycles. The van der Waals surface area contributed by atoms with Gasteiger partial charge in [-0.25, -0.2) is 0 Å². The Hall–Kier alpha value is -2.57. The lowest BCUT2D eigenvalue weighted by atomic mass is 10.0. The van der Waals surface area contributed by atoms with Gasteiger partial charge in [-0.3, -0.25) is 14.5 Å². The minimum Gasteiger partial charge on any atom is -0.493 e. The molecule has 29 heavy (non-hydrogen) atoms. The van der Waals surface area contributed by atoms with Gasteiger partial charge in [0.05, 0.1) is 18.1 Å². The summed E-state index contributed by atoms with van der Waals surface area (Å²) in [5.74, 6) is 0.412. The van der Waals surface area contributed by atoms with Gasteiger partial charge in [-0.2, -0.15) is 0 Å². The fourth-order valence-electron chi connectivity index (χ4n) is 3.27. The number of nitrogens with zero attached hydrogens (tertiary/aromatic N) is 1. The van der Waals surface area contributed by atoms with E-state index in [9.17, 15) is 9.59 Å². The van der Waals surface area contributed by atoms with Crippen LogP contribution in [-0.4, -0.2) is 22.7 Å². The lowest BCUT2D eigenvalue weighted by molar-refractivity contribution is -0.123. The Kier molecular flexibility index (Phi) is 5.74. The third-order valence-corrected chi connectivity index (χ3v) is 6.35. The zero-order valence-corrected chi connectivity index (χ0v) is 18.1. The van der Waals surface area contributed by atoms with Gasteiger partial charge in [0, 0.05) is 10.0 Å². The number of carbonyl (C=O) groups excluding carboxylic acids is 2. The second kappa shape index (κ2) is 8.43. The molecule has 1 fully saturated rings. The highest BCUT2D eigenvalue weighted by Crippen LogP contribution is 2.37. The van der Waals surface area contributed by atoms with Gasteiger partial charge in [0.15, 0.2) is 0 Å². The summed E-state index contributed by atoms with van der Waals surface area (Å²) >= 11 is 4.44. The van der Waals surface area contributed by atoms with Crippen LogP contribution in [0.3, 0.4) is 0 Å². The van der Waals surface area contributed by atoms with Gasteiger partial charge >= 0.3 is 0 Å². The van der Waals surface area contributed by atoms with Crippen LogP contribution in [0.1, 0.15) is 18.1 Å². The lowest BCUT2D eigenvalue weighted by Crippen LogP contribution is -2.27. The second-order valence-electron chi connectivity index (χ2n) is 6.49. The average molecular weight is 468 g/mol. The summed E-state index contributed by atoms with van der Waals surface area (Å²) in [5.41, 5.74) is 1.70. The molecule has 1 heterocycles. The van der Waals surface area contributed by atoms with Gasteiger partial charge in [-0.1, -0.05) is 64.5 Å². The Morgan fingerprint density at radius 1 is 1.03 bits per heavy atom. The molecule has 6 heteroatoms. The molecule has 1 aliphatic rings. The predicted molar refractivity (Wildman–Crippen MR) is 121 cm³/mol. The number of imide groups is 1. The molecule has 146 valence electrons. The topological polar surface area (TPSA) is 46.6 Å². The Morgan fingerprint density at radius 3 is 2.59 bits per heavy atom. The standard InChI is InChI=1S/C23H18BrNO3S/c1-2-28-20-12-11-15-7-3-5-9-17(15)18(20)13-21-22(26)25(23(27)29-21)14-16-8-4-6-10-19(16)24/h3-13H,2,14H2,1H3/b21-13+. The molecule has 0 saturated carbocycles. The maximum absolute atomic E-state index is 13.0. The first kappa shape index (κ1) is 19.7. The van der Waals surface area contributed by atoms with Gasteiger partial charge < -0.3 is 4.74 Å². The van der Waals surface area contributed by atoms with Crippen molar-refractivity contribution >= 4 is 55.7 Å². The third kappa shape index (κ3) is 3.95. The van der Waals surface area contributed by atoms with Crippen molar-refractivity contribution in [2.75, 3.05) is 6.61 Å². The number of ether oxygens (including phenoxy) is 1. The first-order valence-electron chi connectivity index (χ1n) is 9.22. The Morgan fingerprint density at radius 2 is 1.79 bits per heavy atom. The first-order valence-corrected chi connectivity index (χ1v) is 10.8. The molecule has 0 atom stereocenters. The molecule has 1 aliphatic heterocycles. The molecular weight excluding hydrogens is 450 g/mol. The molecule has 0 N–H and O–H groups in total. The fraction of sp³-hybridized carbons (Fsp3) is 0.130. The van der Waals surface area contributed by atoms with Crippen LogP contribution in [0.2, 0.25) is 0 Å². The summed E-state index contributed by atoms with van der Waals surface area (Å²) in [6.07, 6.45) is 1.78. The molecule has 2 amide bonds. The van der Waals surface area contributed by atoms with Crippen LogP contribution in [0.5, 0.6) is 5.75 Å². The molecule has 1 saturated heterocycles. The fourth-order valence-corrected chi connectivity index (χ4v) is 4.50. The van der Waals surface area contributed by atoms with Crippen molar-refractivity contribution in [1.82, 2.24) is 4.90 Å². The van der Waals surface area contributed by atoms with Crippen LogP contribution in [0, 0.1) is 0 Å². The van der Waals surface area contributed by atoms with Gasteiger partial charge in [0.2, 0.25) is 0 Å². The highest BCUT2D eigenvalue weighted by atomic mass is 79.9. The average Bonchev–Trinajstić information content (AvgIpc) is 2.99. The van der Waals surface area contributed by atoms with Gasteiger partial charge in [-0.15, -0.1) is 0 Å². The maximum atomic E-state index is 13.0. The van der Waals surface area contributed by atoms with E-state index in [0.717, 1.165) is 38.1 Å². The zero-order valence-electron chi connectivity index (χ0n) is 15.7. The van der Waals surface area contributed by atoms with Crippen molar-refractivity contribution in [2.24, 2.45) is 0 Å². The number of hydrogen-bond acceptors (Lipinski definition) is 4. The van der Waals surface area contributed by atoms with Crippen LogP contribution < -0.4 is 4.74 Å². The van der Waals surface area contributed by atoms with Crippen molar-refractivity contribution in [2.45, 2.75) is 13.5 Å². The molecule has 3 aromatic rings. The normalized spacial score (nSPS) is 15.5. The molecule has 4 nitrogen and oxygen atoms in total. The van der Waals surface area contributed by atoms with Crippen molar-refractivity contribution in [3.63, 3.8) is 0 Å². The largest absolute Gasteiger partial charge is 0.493 e. The number of rotatable bonds is 5. The number of thioether (sulfide) groups is 1. The van der Waals surface area contributed by atoms with Crippen LogP contribution >= 0.6 is 27.7 Å². The molecule has 4 rings (SSSR count). The van der Waals surface area contributed by atoms with E-state index in [2.05, 4.69) is 15.9 Å². The molecule has 0 spiro atoms. The number of benzene rings is 3. The highest BCUT2D eigenvalue weighted by Gasteiger charge is 2.35. The minimum absolute atomic E-state index is 0.233. The molecule has 0 aromatic heterocycles. The van der Waals surface area contributed by atoms with E-state index in [0.29, 0.717) is 17.3 Å². The van der Waals surface area contributed by atoms with Crippen LogP contribution in [0.25, 0.3) is 16.8 Å². The van der Waals surface area contributed by atoms with E-state index in [1.807, 2.05) is 67.6 Å². The van der Waals surface area contributed by atoms with Crippen LogP contribution in [0.15, 0.2) is 70.0 Å². The summed E-state index contributed by atoms with van der Waals surface area (Å²) in [6, 6.07) is 19.4. The minimum atomic E-state index is -0.286. The number of hydrogen-bond donors (Lipinski definition) is 0.